The lowest BCUT2D eigenvalue weighted by atomic mass is 9.97. The second-order valence-electron chi connectivity index (χ2n) is 7.78. The number of hydrogen-bond acceptors (Lipinski definition) is 5. The maximum Gasteiger partial charge on any atom is 0.323 e. The number of pyridine rings is 1. The number of carbonyl (C=O) groups excluding carboxylic acids is 2. The first-order valence-corrected chi connectivity index (χ1v) is 10.2. The zero-order valence-electron chi connectivity index (χ0n) is 17.8. The molecule has 2 aromatic rings. The molecule has 1 aliphatic rings. The van der Waals surface area contributed by atoms with Crippen molar-refractivity contribution >= 4 is 23.8 Å². The number of piperidine rings is 1. The van der Waals surface area contributed by atoms with Gasteiger partial charge in [-0.1, -0.05) is 0 Å². The number of nitrogens with one attached hydrogen (secondary N) is 2. The number of hydroxylamine groups is 2. The van der Waals surface area contributed by atoms with Crippen molar-refractivity contribution < 1.29 is 18.8 Å². The number of hydrogen-bond donors (Lipinski definition) is 2. The van der Waals surface area contributed by atoms with Gasteiger partial charge >= 0.3 is 6.03 Å². The Morgan fingerprint density at radius 3 is 2.68 bits per heavy atom. The van der Waals surface area contributed by atoms with E-state index in [0.717, 1.165) is 37.2 Å². The number of rotatable bonds is 8. The number of likely N-dealkylation sites (tertiary alicyclic amines) is 1. The number of carbonyl (C=O) groups is 2. The van der Waals surface area contributed by atoms with Crippen LogP contribution in [-0.4, -0.2) is 54.1 Å². The molecule has 166 valence electrons. The van der Waals surface area contributed by atoms with E-state index in [1.807, 2.05) is 6.92 Å². The number of amides is 3. The van der Waals surface area contributed by atoms with Crippen LogP contribution < -0.4 is 10.6 Å². The summed E-state index contributed by atoms with van der Waals surface area (Å²) >= 11 is 0. The van der Waals surface area contributed by atoms with Crippen LogP contribution in [0.3, 0.4) is 0 Å². The lowest BCUT2D eigenvalue weighted by Crippen LogP contribution is -2.35. The largest absolute Gasteiger partial charge is 0.323 e. The summed E-state index contributed by atoms with van der Waals surface area (Å²) in [7, 11) is 1.58. The van der Waals surface area contributed by atoms with Gasteiger partial charge in [-0.3, -0.25) is 19.5 Å². The third-order valence-electron chi connectivity index (χ3n) is 5.16. The standard InChI is InChI=1S/C22H28FN5O3/c1-16-3-4-20(12-24-16)25-22(30)26-21-10-18(9-19(23)11-21)13-28-7-5-17(6-8-28)14-31-27(2)15-29/h3-4,9-12,15,17H,5-8,13-14H2,1-2H3,(H2,25,26,30). The van der Waals surface area contributed by atoms with Crippen molar-refractivity contribution in [2.75, 3.05) is 37.4 Å². The molecule has 0 saturated carbocycles. The minimum Gasteiger partial charge on any atom is -0.308 e. The van der Waals surface area contributed by atoms with E-state index in [-0.39, 0.29) is 0 Å². The van der Waals surface area contributed by atoms with Crippen molar-refractivity contribution in [1.29, 1.82) is 0 Å². The Kier molecular flexibility index (Phi) is 7.91. The van der Waals surface area contributed by atoms with Gasteiger partial charge in [0.1, 0.15) is 5.82 Å². The van der Waals surface area contributed by atoms with Gasteiger partial charge in [0.05, 0.1) is 18.5 Å². The number of nitrogens with zero attached hydrogens (tertiary/aromatic N) is 3. The summed E-state index contributed by atoms with van der Waals surface area (Å²) < 4.78 is 14.1. The third kappa shape index (κ3) is 7.30. The van der Waals surface area contributed by atoms with Crippen molar-refractivity contribution in [2.45, 2.75) is 26.3 Å². The molecule has 1 fully saturated rings. The highest BCUT2D eigenvalue weighted by atomic mass is 19.1. The Morgan fingerprint density at radius 1 is 1.26 bits per heavy atom. The minimum atomic E-state index is -0.455. The van der Waals surface area contributed by atoms with Gasteiger partial charge in [-0.25, -0.2) is 14.2 Å². The van der Waals surface area contributed by atoms with Crippen molar-refractivity contribution in [3.05, 3.63) is 53.6 Å². The molecule has 31 heavy (non-hydrogen) atoms. The monoisotopic (exact) mass is 429 g/mol. The average molecular weight is 429 g/mol. The maximum atomic E-state index is 14.1. The first-order valence-electron chi connectivity index (χ1n) is 10.2. The molecule has 3 rings (SSSR count). The third-order valence-corrected chi connectivity index (χ3v) is 5.16. The van der Waals surface area contributed by atoms with Gasteiger partial charge in [-0.05, 0) is 74.7 Å². The molecule has 0 radical (unpaired) electrons. The van der Waals surface area contributed by atoms with Crippen LogP contribution in [0.25, 0.3) is 0 Å². The molecule has 0 unspecified atom stereocenters. The van der Waals surface area contributed by atoms with E-state index in [9.17, 15) is 14.0 Å². The lowest BCUT2D eigenvalue weighted by Gasteiger charge is -2.32. The molecule has 8 nitrogen and oxygen atoms in total. The van der Waals surface area contributed by atoms with Gasteiger partial charge in [0.2, 0.25) is 6.41 Å². The summed E-state index contributed by atoms with van der Waals surface area (Å²) in [6.07, 6.45) is 4.10. The smallest absolute Gasteiger partial charge is 0.308 e. The highest BCUT2D eigenvalue weighted by Crippen LogP contribution is 2.22. The van der Waals surface area contributed by atoms with E-state index in [4.69, 9.17) is 4.84 Å². The van der Waals surface area contributed by atoms with E-state index in [0.29, 0.717) is 36.9 Å². The Morgan fingerprint density at radius 2 is 2.00 bits per heavy atom. The molecular weight excluding hydrogens is 401 g/mol. The summed E-state index contributed by atoms with van der Waals surface area (Å²) in [5.74, 6) is -0.00617. The molecule has 1 aromatic carbocycles. The molecule has 2 heterocycles. The Balaban J connectivity index is 1.51. The van der Waals surface area contributed by atoms with Crippen LogP contribution in [0.1, 0.15) is 24.1 Å². The average Bonchev–Trinajstić information content (AvgIpc) is 2.74. The highest BCUT2D eigenvalue weighted by molar-refractivity contribution is 5.99. The van der Waals surface area contributed by atoms with Gasteiger partial charge in [-0.15, -0.1) is 0 Å². The molecule has 1 saturated heterocycles. The van der Waals surface area contributed by atoms with Crippen LogP contribution in [-0.2, 0) is 16.2 Å². The molecule has 1 aromatic heterocycles. The number of urea groups is 1. The molecule has 9 heteroatoms. The Hall–Kier alpha value is -3.04. The zero-order chi connectivity index (χ0) is 22.2. The van der Waals surface area contributed by atoms with Gasteiger partial charge < -0.3 is 10.6 Å². The van der Waals surface area contributed by atoms with Gasteiger partial charge in [-0.2, -0.15) is 0 Å². The highest BCUT2D eigenvalue weighted by Gasteiger charge is 2.20. The zero-order valence-corrected chi connectivity index (χ0v) is 17.8. The number of benzene rings is 1. The number of aromatic nitrogens is 1. The second kappa shape index (κ2) is 10.8. The lowest BCUT2D eigenvalue weighted by molar-refractivity contribution is -0.169. The first-order chi connectivity index (χ1) is 14.9. The number of halogens is 1. The van der Waals surface area contributed by atoms with E-state index in [1.54, 1.807) is 31.4 Å². The minimum absolute atomic E-state index is 0.392. The van der Waals surface area contributed by atoms with Crippen LogP contribution in [0.5, 0.6) is 0 Å². The van der Waals surface area contributed by atoms with E-state index < -0.39 is 11.8 Å². The number of aryl methyl sites for hydroxylation is 1. The quantitative estimate of drug-likeness (QED) is 0.496. The molecule has 0 bridgehead atoms. The van der Waals surface area contributed by atoms with Gasteiger partial charge in [0.25, 0.3) is 0 Å². The molecule has 0 atom stereocenters. The maximum absolute atomic E-state index is 14.1. The first kappa shape index (κ1) is 22.6. The van der Waals surface area contributed by atoms with Crippen molar-refractivity contribution in [1.82, 2.24) is 14.9 Å². The van der Waals surface area contributed by atoms with Crippen LogP contribution in [0.2, 0.25) is 0 Å². The molecule has 3 amide bonds. The SMILES string of the molecule is Cc1ccc(NC(=O)Nc2cc(F)cc(CN3CCC(CON(C)C=O)CC3)c2)cn1. The van der Waals surface area contributed by atoms with E-state index in [1.165, 1.54) is 17.2 Å². The van der Waals surface area contributed by atoms with Crippen molar-refractivity contribution in [3.8, 4) is 0 Å². The van der Waals surface area contributed by atoms with Gasteiger partial charge in [0.15, 0.2) is 0 Å². The molecule has 1 aliphatic heterocycles. The van der Waals surface area contributed by atoms with Gasteiger partial charge in [0, 0.05) is 25.0 Å². The summed E-state index contributed by atoms with van der Waals surface area (Å²) in [4.78, 5) is 34.5. The topological polar surface area (TPSA) is 86.8 Å². The fourth-order valence-electron chi connectivity index (χ4n) is 3.47. The second-order valence-corrected chi connectivity index (χ2v) is 7.78. The fraction of sp³-hybridized carbons (Fsp3) is 0.409. The predicted octanol–water partition coefficient (Wildman–Crippen LogP) is 3.40. The van der Waals surface area contributed by atoms with Crippen LogP contribution >= 0.6 is 0 Å². The van der Waals surface area contributed by atoms with Crippen LogP contribution in [0.4, 0.5) is 20.6 Å². The van der Waals surface area contributed by atoms with E-state index >= 15 is 0 Å². The van der Waals surface area contributed by atoms with Crippen molar-refractivity contribution in [2.24, 2.45) is 5.92 Å². The molecule has 0 aliphatic carbocycles. The number of anilines is 2. The summed E-state index contributed by atoms with van der Waals surface area (Å²) in [6.45, 7) is 4.69. The fourth-order valence-corrected chi connectivity index (χ4v) is 3.47. The van der Waals surface area contributed by atoms with Crippen LogP contribution in [0.15, 0.2) is 36.5 Å². The normalized spacial score (nSPS) is 14.8. The Labute approximate surface area is 181 Å². The summed E-state index contributed by atoms with van der Waals surface area (Å²) in [5.41, 5.74) is 2.60. The molecule has 0 spiro atoms. The summed E-state index contributed by atoms with van der Waals surface area (Å²) in [6, 6.07) is 7.66. The van der Waals surface area contributed by atoms with Crippen molar-refractivity contribution in [3.63, 3.8) is 0 Å². The summed E-state index contributed by atoms with van der Waals surface area (Å²) in [5, 5.41) is 6.54. The van der Waals surface area contributed by atoms with E-state index in [2.05, 4.69) is 20.5 Å². The van der Waals surface area contributed by atoms with Crippen LogP contribution in [0, 0.1) is 18.7 Å². The molecular formula is C22H28FN5O3. The Bertz CT molecular complexity index is 885. The predicted molar refractivity (Wildman–Crippen MR) is 116 cm³/mol. The molecule has 2 N–H and O–H groups in total.